The van der Waals surface area contributed by atoms with Crippen LogP contribution in [0, 0.1) is 11.3 Å². The Kier molecular flexibility index (Phi) is 4.11. The van der Waals surface area contributed by atoms with Crippen molar-refractivity contribution in [3.8, 4) is 6.07 Å². The minimum Gasteiger partial charge on any atom is -0.340 e. The Morgan fingerprint density at radius 3 is 2.61 bits per heavy atom. The maximum atomic E-state index is 12.4. The lowest BCUT2D eigenvalue weighted by Gasteiger charge is -2.18. The number of amides is 1. The highest BCUT2D eigenvalue weighted by molar-refractivity contribution is 5.83. The number of hydrogen-bond acceptors (Lipinski definition) is 2. The van der Waals surface area contributed by atoms with Gasteiger partial charge in [0.2, 0.25) is 5.91 Å². The molecule has 0 saturated carbocycles. The second-order valence-electron chi connectivity index (χ2n) is 5.56. The minimum atomic E-state index is 0.0516. The summed E-state index contributed by atoms with van der Waals surface area (Å²) in [6.07, 6.45) is 1.94. The Hall–Kier alpha value is -3.06. The summed E-state index contributed by atoms with van der Waals surface area (Å²) in [5, 5.41) is 9.95. The fraction of sp³-hybridized carbons (Fsp3) is 0.158. The van der Waals surface area contributed by atoms with E-state index in [2.05, 4.69) is 6.07 Å². The molecule has 1 amide bonds. The highest BCUT2D eigenvalue weighted by Crippen LogP contribution is 2.15. The summed E-state index contributed by atoms with van der Waals surface area (Å²) in [6.45, 7) is 0.851. The van der Waals surface area contributed by atoms with Crippen LogP contribution < -0.4 is 0 Å². The third kappa shape index (κ3) is 3.24. The van der Waals surface area contributed by atoms with Crippen LogP contribution >= 0.6 is 0 Å². The van der Waals surface area contributed by atoms with Crippen LogP contribution in [0.4, 0.5) is 0 Å². The molecule has 4 heteroatoms. The molecular formula is C19H17N3O. The summed E-state index contributed by atoms with van der Waals surface area (Å²) >= 11 is 0. The summed E-state index contributed by atoms with van der Waals surface area (Å²) < 4.78 is 1.97. The predicted octanol–water partition coefficient (Wildman–Crippen LogP) is 3.17. The fourth-order valence-electron chi connectivity index (χ4n) is 2.59. The summed E-state index contributed by atoms with van der Waals surface area (Å²) in [6, 6.07) is 19.4. The van der Waals surface area contributed by atoms with Gasteiger partial charge in [-0.1, -0.05) is 30.3 Å². The molecule has 114 valence electrons. The van der Waals surface area contributed by atoms with Crippen molar-refractivity contribution < 1.29 is 4.79 Å². The van der Waals surface area contributed by atoms with E-state index in [1.165, 1.54) is 0 Å². The van der Waals surface area contributed by atoms with Gasteiger partial charge >= 0.3 is 0 Å². The number of aromatic nitrogens is 1. The van der Waals surface area contributed by atoms with Crippen molar-refractivity contribution in [3.63, 3.8) is 0 Å². The Morgan fingerprint density at radius 1 is 1.13 bits per heavy atom. The Morgan fingerprint density at radius 2 is 1.87 bits per heavy atom. The standard InChI is InChI=1S/C19H17N3O/c1-21(13-16-8-6-15(12-20)7-9-16)19(23)14-22-11-10-17-4-2-3-5-18(17)22/h2-11H,13-14H2,1H3. The van der Waals surface area contributed by atoms with Crippen LogP contribution in [0.1, 0.15) is 11.1 Å². The molecule has 0 aliphatic rings. The molecule has 3 rings (SSSR count). The van der Waals surface area contributed by atoms with Gasteiger partial charge in [-0.15, -0.1) is 0 Å². The molecule has 2 aromatic carbocycles. The van der Waals surface area contributed by atoms with Gasteiger partial charge in [0.25, 0.3) is 0 Å². The number of fused-ring (bicyclic) bond motifs is 1. The third-order valence-electron chi connectivity index (χ3n) is 3.91. The molecule has 0 aliphatic carbocycles. The SMILES string of the molecule is CN(Cc1ccc(C#N)cc1)C(=O)Cn1ccc2ccccc21. The molecule has 0 unspecified atom stereocenters. The smallest absolute Gasteiger partial charge is 0.242 e. The van der Waals surface area contributed by atoms with Gasteiger partial charge in [-0.05, 0) is 35.2 Å². The Balaban J connectivity index is 1.68. The van der Waals surface area contributed by atoms with Gasteiger partial charge in [-0.25, -0.2) is 0 Å². The molecule has 0 fully saturated rings. The molecule has 4 nitrogen and oxygen atoms in total. The maximum Gasteiger partial charge on any atom is 0.242 e. The second-order valence-corrected chi connectivity index (χ2v) is 5.56. The summed E-state index contributed by atoms with van der Waals surface area (Å²) in [5.41, 5.74) is 2.70. The highest BCUT2D eigenvalue weighted by Gasteiger charge is 2.11. The largest absolute Gasteiger partial charge is 0.340 e. The van der Waals surface area contributed by atoms with Gasteiger partial charge in [-0.2, -0.15) is 5.26 Å². The van der Waals surface area contributed by atoms with Gasteiger partial charge in [0.05, 0.1) is 11.6 Å². The van der Waals surface area contributed by atoms with E-state index in [4.69, 9.17) is 5.26 Å². The molecule has 1 heterocycles. The number of carbonyl (C=O) groups is 1. The zero-order chi connectivity index (χ0) is 16.2. The lowest BCUT2D eigenvalue weighted by molar-refractivity contribution is -0.131. The van der Waals surface area contributed by atoms with Crippen LogP contribution in [0.15, 0.2) is 60.8 Å². The third-order valence-corrected chi connectivity index (χ3v) is 3.91. The number of benzene rings is 2. The van der Waals surface area contributed by atoms with E-state index < -0.39 is 0 Å². The van der Waals surface area contributed by atoms with E-state index >= 15 is 0 Å². The van der Waals surface area contributed by atoms with E-state index in [-0.39, 0.29) is 5.91 Å². The molecule has 0 radical (unpaired) electrons. The van der Waals surface area contributed by atoms with Crippen LogP contribution in [0.5, 0.6) is 0 Å². The minimum absolute atomic E-state index is 0.0516. The Labute approximate surface area is 135 Å². The maximum absolute atomic E-state index is 12.4. The highest BCUT2D eigenvalue weighted by atomic mass is 16.2. The monoisotopic (exact) mass is 303 g/mol. The van der Waals surface area contributed by atoms with Crippen molar-refractivity contribution in [2.24, 2.45) is 0 Å². The first-order valence-corrected chi connectivity index (χ1v) is 7.44. The van der Waals surface area contributed by atoms with Gasteiger partial charge in [0.1, 0.15) is 6.54 Å². The van der Waals surface area contributed by atoms with Crippen molar-refractivity contribution in [2.45, 2.75) is 13.1 Å². The molecule has 0 saturated heterocycles. The molecule has 23 heavy (non-hydrogen) atoms. The summed E-state index contributed by atoms with van der Waals surface area (Å²) in [7, 11) is 1.80. The lowest BCUT2D eigenvalue weighted by atomic mass is 10.1. The van der Waals surface area contributed by atoms with E-state index in [1.807, 2.05) is 53.2 Å². The lowest BCUT2D eigenvalue weighted by Crippen LogP contribution is -2.29. The molecule has 0 aliphatic heterocycles. The van der Waals surface area contributed by atoms with Crippen molar-refractivity contribution in [3.05, 3.63) is 71.9 Å². The molecule has 0 bridgehead atoms. The van der Waals surface area contributed by atoms with Crippen molar-refractivity contribution in [1.82, 2.24) is 9.47 Å². The quantitative estimate of drug-likeness (QED) is 0.743. The Bertz CT molecular complexity index is 872. The van der Waals surface area contributed by atoms with Crippen LogP contribution in [0.25, 0.3) is 10.9 Å². The molecule has 1 aromatic heterocycles. The average Bonchev–Trinajstić information content (AvgIpc) is 2.98. The number of likely N-dealkylation sites (N-methyl/N-ethyl adjacent to an activating group) is 1. The number of para-hydroxylation sites is 1. The van der Waals surface area contributed by atoms with E-state index in [1.54, 1.807) is 24.1 Å². The first kappa shape index (κ1) is 14.9. The van der Waals surface area contributed by atoms with Crippen LogP contribution in [0.2, 0.25) is 0 Å². The molecule has 0 N–H and O–H groups in total. The fourth-order valence-corrected chi connectivity index (χ4v) is 2.59. The van der Waals surface area contributed by atoms with E-state index in [9.17, 15) is 4.79 Å². The zero-order valence-corrected chi connectivity index (χ0v) is 12.9. The van der Waals surface area contributed by atoms with E-state index in [0.29, 0.717) is 18.7 Å². The molecule has 0 atom stereocenters. The topological polar surface area (TPSA) is 49.0 Å². The average molecular weight is 303 g/mol. The second kappa shape index (κ2) is 6.37. The van der Waals surface area contributed by atoms with Crippen LogP contribution in [0.3, 0.4) is 0 Å². The van der Waals surface area contributed by atoms with Crippen molar-refractivity contribution >= 4 is 16.8 Å². The molecular weight excluding hydrogens is 286 g/mol. The first-order valence-electron chi connectivity index (χ1n) is 7.44. The number of nitrogens with zero attached hydrogens (tertiary/aromatic N) is 3. The normalized spacial score (nSPS) is 10.4. The van der Waals surface area contributed by atoms with Gasteiger partial charge in [-0.3, -0.25) is 4.79 Å². The number of carbonyl (C=O) groups excluding carboxylic acids is 1. The van der Waals surface area contributed by atoms with Gasteiger partial charge < -0.3 is 9.47 Å². The van der Waals surface area contributed by atoms with E-state index in [0.717, 1.165) is 16.5 Å². The summed E-state index contributed by atoms with van der Waals surface area (Å²) in [5.74, 6) is 0.0516. The van der Waals surface area contributed by atoms with Crippen molar-refractivity contribution in [1.29, 1.82) is 5.26 Å². The summed E-state index contributed by atoms with van der Waals surface area (Å²) in [4.78, 5) is 14.1. The molecule has 3 aromatic rings. The zero-order valence-electron chi connectivity index (χ0n) is 12.9. The van der Waals surface area contributed by atoms with Crippen LogP contribution in [-0.2, 0) is 17.9 Å². The first-order chi connectivity index (χ1) is 11.2. The number of nitriles is 1. The van der Waals surface area contributed by atoms with Gasteiger partial charge in [0.15, 0.2) is 0 Å². The predicted molar refractivity (Wildman–Crippen MR) is 89.6 cm³/mol. The number of rotatable bonds is 4. The van der Waals surface area contributed by atoms with Gasteiger partial charge in [0, 0.05) is 25.3 Å². The number of hydrogen-bond donors (Lipinski definition) is 0. The van der Waals surface area contributed by atoms with Crippen LogP contribution in [-0.4, -0.2) is 22.4 Å². The molecule has 0 spiro atoms. The van der Waals surface area contributed by atoms with Crippen molar-refractivity contribution in [2.75, 3.05) is 7.05 Å².